The van der Waals surface area contributed by atoms with Gasteiger partial charge >= 0.3 is 0 Å². The van der Waals surface area contributed by atoms with Crippen LogP contribution >= 0.6 is 226 Å². The molecule has 0 aliphatic rings. The Kier molecular flexibility index (Phi) is 9.59. The highest BCUT2D eigenvalue weighted by atomic mass is 127. The van der Waals surface area contributed by atoms with Gasteiger partial charge in [-0.2, -0.15) is 0 Å². The summed E-state index contributed by atoms with van der Waals surface area (Å²) < 4.78 is 13.7. The first-order valence-corrected chi connectivity index (χ1v) is 16.7. The van der Waals surface area contributed by atoms with Crippen LogP contribution in [0.25, 0.3) is 21.5 Å². The monoisotopic (exact) mass is 1440 g/mol. The highest BCUT2D eigenvalue weighted by molar-refractivity contribution is 14.1. The molecule has 3 rings (SSSR count). The fraction of sp³-hybridized carbons (Fsp3) is 0. The van der Waals surface area contributed by atoms with Crippen molar-refractivity contribution in [2.24, 2.45) is 0 Å². The van der Waals surface area contributed by atoms with Crippen LogP contribution in [-0.2, 0) is 0 Å². The Morgan fingerprint density at radius 3 is 0.542 bits per heavy atom. The highest BCUT2D eigenvalue weighted by Gasteiger charge is 2.25. The Labute approximate surface area is 275 Å². The summed E-state index contributed by atoms with van der Waals surface area (Å²) in [5.74, 6) is 0. The fourth-order valence-electron chi connectivity index (χ4n) is 2.34. The first-order chi connectivity index (χ1) is 11.1. The molecular formula is C14I10. The average molecular weight is 1440 g/mol. The minimum absolute atomic E-state index is 1.36. The van der Waals surface area contributed by atoms with Crippen molar-refractivity contribution in [2.75, 3.05) is 0 Å². The number of rotatable bonds is 0. The third-order valence-corrected chi connectivity index (χ3v) is 20.4. The molecule has 0 aliphatic carbocycles. The van der Waals surface area contributed by atoms with Gasteiger partial charge < -0.3 is 0 Å². The average Bonchev–Trinajstić information content (AvgIpc) is 2.55. The largest absolute Gasteiger partial charge is 0.0429 e. The molecule has 0 amide bonds. The molecule has 0 spiro atoms. The van der Waals surface area contributed by atoms with E-state index in [0.717, 1.165) is 0 Å². The van der Waals surface area contributed by atoms with Crippen LogP contribution in [0.1, 0.15) is 0 Å². The summed E-state index contributed by atoms with van der Waals surface area (Å²) in [5.41, 5.74) is 0. The summed E-state index contributed by atoms with van der Waals surface area (Å²) >= 11 is 25.2. The topological polar surface area (TPSA) is 0 Å². The van der Waals surface area contributed by atoms with E-state index in [0.29, 0.717) is 0 Å². The lowest BCUT2D eigenvalue weighted by atomic mass is 10.0. The molecule has 10 heteroatoms. The summed E-state index contributed by atoms with van der Waals surface area (Å²) in [5, 5.41) is 5.64. The van der Waals surface area contributed by atoms with E-state index < -0.39 is 0 Å². The SMILES string of the molecule is Ic1c(I)c(I)c2c(I)c3c(I)c(I)c(I)c(I)c3c(I)c2c1I. The fourth-order valence-corrected chi connectivity index (χ4v) is 14.0. The number of hydrogen-bond donors (Lipinski definition) is 0. The summed E-state index contributed by atoms with van der Waals surface area (Å²) in [6.45, 7) is 0. The zero-order valence-electron chi connectivity index (χ0n) is 10.8. The van der Waals surface area contributed by atoms with Crippen LogP contribution in [0.4, 0.5) is 0 Å². The molecule has 0 heterocycles. The number of fused-ring (bicyclic) bond motifs is 2. The van der Waals surface area contributed by atoms with Crippen LogP contribution in [0.15, 0.2) is 0 Å². The lowest BCUT2D eigenvalue weighted by Crippen LogP contribution is -2.03. The van der Waals surface area contributed by atoms with Crippen molar-refractivity contribution in [3.63, 3.8) is 0 Å². The molecule has 0 saturated carbocycles. The first kappa shape index (κ1) is 24.1. The second-order valence-electron chi connectivity index (χ2n) is 4.64. The van der Waals surface area contributed by atoms with Crippen molar-refractivity contribution in [3.8, 4) is 0 Å². The van der Waals surface area contributed by atoms with Crippen LogP contribution in [-0.4, -0.2) is 0 Å². The van der Waals surface area contributed by atoms with E-state index in [1.807, 2.05) is 0 Å². The van der Waals surface area contributed by atoms with Crippen LogP contribution in [0.3, 0.4) is 0 Å². The lowest BCUT2D eigenvalue weighted by molar-refractivity contribution is 1.50. The predicted octanol–water partition coefficient (Wildman–Crippen LogP) is 10.0. The standard InChI is InChI=1S/C14I10/c15-5-1-2(8(18)12(22)11(21)7(1)17)6(16)4-3(5)9(19)13(23)14(24)10(4)20. The Bertz CT molecular complexity index is 889. The molecule has 0 N–H and O–H groups in total. The van der Waals surface area contributed by atoms with Gasteiger partial charge in [0.05, 0.1) is 0 Å². The van der Waals surface area contributed by atoms with Crippen molar-refractivity contribution in [1.82, 2.24) is 0 Å². The zero-order chi connectivity index (χ0) is 18.1. The van der Waals surface area contributed by atoms with Gasteiger partial charge in [0.25, 0.3) is 0 Å². The molecule has 3 aromatic carbocycles. The Hall–Kier alpha value is 5.48. The number of hydrogen-bond acceptors (Lipinski definition) is 0. The van der Waals surface area contributed by atoms with Crippen LogP contribution in [0.2, 0.25) is 0 Å². The van der Waals surface area contributed by atoms with E-state index >= 15 is 0 Å². The Balaban J connectivity index is 2.82. The van der Waals surface area contributed by atoms with Gasteiger partial charge in [0.15, 0.2) is 0 Å². The minimum atomic E-state index is 1.36. The van der Waals surface area contributed by atoms with Gasteiger partial charge in [-0.25, -0.2) is 0 Å². The van der Waals surface area contributed by atoms with E-state index in [-0.39, 0.29) is 0 Å². The maximum atomic E-state index is 2.56. The quantitative estimate of drug-likeness (QED) is 0.0911. The Morgan fingerprint density at radius 1 is 0.208 bits per heavy atom. The van der Waals surface area contributed by atoms with Gasteiger partial charge in [-0.15, -0.1) is 0 Å². The maximum Gasteiger partial charge on any atom is 0.0415 e. The Morgan fingerprint density at radius 2 is 0.375 bits per heavy atom. The van der Waals surface area contributed by atoms with Crippen molar-refractivity contribution >= 4 is 247 Å². The molecule has 0 nitrogen and oxygen atoms in total. The molecule has 0 aliphatic heterocycles. The van der Waals surface area contributed by atoms with Gasteiger partial charge in [0, 0.05) is 57.2 Å². The van der Waals surface area contributed by atoms with Crippen molar-refractivity contribution in [3.05, 3.63) is 35.7 Å². The lowest BCUT2D eigenvalue weighted by Gasteiger charge is -2.19. The van der Waals surface area contributed by atoms with Crippen molar-refractivity contribution in [1.29, 1.82) is 0 Å². The van der Waals surface area contributed by atoms with E-state index in [4.69, 9.17) is 0 Å². The second-order valence-corrected chi connectivity index (χ2v) is 15.4. The second kappa shape index (κ2) is 9.54. The molecule has 126 valence electrons. The van der Waals surface area contributed by atoms with Crippen LogP contribution in [0, 0.1) is 35.7 Å². The maximum absolute atomic E-state index is 2.56. The summed E-state index contributed by atoms with van der Waals surface area (Å²) in [4.78, 5) is 0. The molecule has 0 aromatic heterocycles. The summed E-state index contributed by atoms with van der Waals surface area (Å²) in [6, 6.07) is 0. The zero-order valence-corrected chi connectivity index (χ0v) is 32.4. The summed E-state index contributed by atoms with van der Waals surface area (Å²) in [6.07, 6.45) is 0. The molecule has 24 heavy (non-hydrogen) atoms. The molecule has 3 aromatic rings. The first-order valence-electron chi connectivity index (χ1n) is 5.89. The predicted molar refractivity (Wildman–Crippen MR) is 189 cm³/mol. The van der Waals surface area contributed by atoms with Gasteiger partial charge in [-0.3, -0.25) is 0 Å². The molecule has 0 unspecified atom stereocenters. The van der Waals surface area contributed by atoms with Crippen molar-refractivity contribution in [2.45, 2.75) is 0 Å². The number of halogens is 10. The summed E-state index contributed by atoms with van der Waals surface area (Å²) in [7, 11) is 0. The van der Waals surface area contributed by atoms with Crippen LogP contribution < -0.4 is 0 Å². The minimum Gasteiger partial charge on any atom is -0.0429 e. The molecule has 0 fully saturated rings. The molecule has 0 saturated heterocycles. The third-order valence-electron chi connectivity index (χ3n) is 3.41. The third kappa shape index (κ3) is 3.99. The van der Waals surface area contributed by atoms with E-state index in [9.17, 15) is 0 Å². The van der Waals surface area contributed by atoms with E-state index in [1.54, 1.807) is 0 Å². The smallest absolute Gasteiger partial charge is 0.0415 e. The van der Waals surface area contributed by atoms with Gasteiger partial charge in [-0.1, -0.05) is 0 Å². The van der Waals surface area contributed by atoms with E-state index in [2.05, 4.69) is 226 Å². The molecule has 0 bridgehead atoms. The highest BCUT2D eigenvalue weighted by Crippen LogP contribution is 2.46. The molecule has 0 atom stereocenters. The van der Waals surface area contributed by atoms with Crippen molar-refractivity contribution < 1.29 is 0 Å². The molecular weight excluding hydrogens is 1440 g/mol. The normalized spacial score (nSPS) is 11.8. The van der Waals surface area contributed by atoms with Gasteiger partial charge in [0.2, 0.25) is 0 Å². The number of benzene rings is 3. The van der Waals surface area contributed by atoms with Crippen LogP contribution in [0.5, 0.6) is 0 Å². The van der Waals surface area contributed by atoms with Gasteiger partial charge in [0.1, 0.15) is 0 Å². The van der Waals surface area contributed by atoms with E-state index in [1.165, 1.54) is 57.2 Å². The molecule has 0 radical (unpaired) electrons. The van der Waals surface area contributed by atoms with Gasteiger partial charge in [-0.05, 0) is 226 Å².